The molecule has 0 atom stereocenters. The first-order valence-corrected chi connectivity index (χ1v) is 7.67. The third-order valence-corrected chi connectivity index (χ3v) is 4.34. The van der Waals surface area contributed by atoms with Crippen molar-refractivity contribution < 1.29 is 26.4 Å². The van der Waals surface area contributed by atoms with E-state index in [0.717, 1.165) is 24.3 Å². The molecular weight excluding hydrogens is 319 g/mol. The molecule has 4 nitrogen and oxygen atoms in total. The molecule has 0 aromatic heterocycles. The lowest BCUT2D eigenvalue weighted by Crippen LogP contribution is -2.23. The number of rotatable bonds is 4. The summed E-state index contributed by atoms with van der Waals surface area (Å²) in [5, 5.41) is 2.11. The molecule has 0 bridgehead atoms. The van der Waals surface area contributed by atoms with Crippen LogP contribution in [-0.4, -0.2) is 20.1 Å². The Balaban J connectivity index is 2.14. The van der Waals surface area contributed by atoms with E-state index >= 15 is 0 Å². The molecule has 0 saturated carbocycles. The Labute approximate surface area is 124 Å². The molecule has 1 amide bonds. The van der Waals surface area contributed by atoms with Crippen molar-refractivity contribution in [3.8, 4) is 0 Å². The van der Waals surface area contributed by atoms with E-state index in [2.05, 4.69) is 5.32 Å². The summed E-state index contributed by atoms with van der Waals surface area (Å²) in [6.07, 6.45) is 0. The molecule has 22 heavy (non-hydrogen) atoms. The van der Waals surface area contributed by atoms with Crippen molar-refractivity contribution in [2.24, 2.45) is 0 Å². The Morgan fingerprint density at radius 3 is 2.27 bits per heavy atom. The fourth-order valence-corrected chi connectivity index (χ4v) is 2.94. The molecule has 0 spiro atoms. The molecule has 2 rings (SSSR count). The van der Waals surface area contributed by atoms with Gasteiger partial charge in [0.05, 0.1) is 0 Å². The number of hydrogen-bond acceptors (Lipinski definition) is 3. The average Bonchev–Trinajstić information content (AvgIpc) is 2.42. The van der Waals surface area contributed by atoms with E-state index in [4.69, 9.17) is 0 Å². The van der Waals surface area contributed by atoms with Crippen LogP contribution in [0.25, 0.3) is 0 Å². The van der Waals surface area contributed by atoms with Crippen LogP contribution in [0.1, 0.15) is 0 Å². The van der Waals surface area contributed by atoms with Gasteiger partial charge in [0, 0.05) is 11.8 Å². The van der Waals surface area contributed by atoms with Crippen LogP contribution in [-0.2, 0) is 14.6 Å². The second kappa shape index (κ2) is 6.18. The first kappa shape index (κ1) is 16.0. The van der Waals surface area contributed by atoms with Crippen LogP contribution in [0.3, 0.4) is 0 Å². The third kappa shape index (κ3) is 3.64. The normalized spacial score (nSPS) is 11.2. The molecule has 0 aliphatic heterocycles. The number of sulfone groups is 1. The Kier molecular flexibility index (Phi) is 4.51. The maximum atomic E-state index is 13.5. The zero-order valence-corrected chi connectivity index (χ0v) is 11.8. The largest absolute Gasteiger partial charge is 0.325 e. The van der Waals surface area contributed by atoms with Crippen molar-refractivity contribution in [1.82, 2.24) is 0 Å². The van der Waals surface area contributed by atoms with Crippen LogP contribution in [0.5, 0.6) is 0 Å². The lowest BCUT2D eigenvalue weighted by molar-refractivity contribution is -0.113. The van der Waals surface area contributed by atoms with Crippen LogP contribution < -0.4 is 5.32 Å². The Morgan fingerprint density at radius 2 is 1.64 bits per heavy atom. The van der Waals surface area contributed by atoms with Gasteiger partial charge in [-0.05, 0) is 24.3 Å². The monoisotopic (exact) mass is 329 g/mol. The van der Waals surface area contributed by atoms with Crippen LogP contribution in [0.15, 0.2) is 47.4 Å². The number of benzene rings is 2. The molecule has 0 saturated heterocycles. The first-order chi connectivity index (χ1) is 10.3. The number of halogens is 3. The molecule has 8 heteroatoms. The van der Waals surface area contributed by atoms with Crippen molar-refractivity contribution in [2.45, 2.75) is 4.90 Å². The summed E-state index contributed by atoms with van der Waals surface area (Å²) < 4.78 is 63.1. The predicted octanol–water partition coefficient (Wildman–Crippen LogP) is 2.52. The van der Waals surface area contributed by atoms with Crippen molar-refractivity contribution in [2.75, 3.05) is 11.1 Å². The molecule has 2 aromatic carbocycles. The van der Waals surface area contributed by atoms with Gasteiger partial charge in [0.2, 0.25) is 5.91 Å². The molecule has 0 unspecified atom stereocenters. The highest BCUT2D eigenvalue weighted by Crippen LogP contribution is 2.17. The highest BCUT2D eigenvalue weighted by atomic mass is 32.2. The van der Waals surface area contributed by atoms with Crippen molar-refractivity contribution in [3.63, 3.8) is 0 Å². The van der Waals surface area contributed by atoms with E-state index in [1.54, 1.807) is 0 Å². The maximum absolute atomic E-state index is 13.5. The van der Waals surface area contributed by atoms with E-state index in [1.807, 2.05) is 0 Å². The fraction of sp³-hybridized carbons (Fsp3) is 0.0714. The number of amides is 1. The molecule has 0 aliphatic carbocycles. The van der Waals surface area contributed by atoms with Crippen LogP contribution in [0.4, 0.5) is 18.9 Å². The number of nitrogens with one attached hydrogen (secondary N) is 1. The second-order valence-corrected chi connectivity index (χ2v) is 6.32. The van der Waals surface area contributed by atoms with Gasteiger partial charge in [0.15, 0.2) is 21.5 Å². The molecule has 0 fully saturated rings. The van der Waals surface area contributed by atoms with Gasteiger partial charge in [0.25, 0.3) is 0 Å². The molecule has 1 N–H and O–H groups in total. The zero-order valence-electron chi connectivity index (χ0n) is 11.0. The van der Waals surface area contributed by atoms with Crippen molar-refractivity contribution in [1.29, 1.82) is 0 Å². The highest BCUT2D eigenvalue weighted by molar-refractivity contribution is 7.92. The Hall–Kier alpha value is -2.35. The number of carbonyl (C=O) groups excluding carboxylic acids is 1. The quantitative estimate of drug-likeness (QED) is 0.937. The Bertz CT molecular complexity index is 822. The van der Waals surface area contributed by atoms with Gasteiger partial charge in [-0.1, -0.05) is 12.1 Å². The van der Waals surface area contributed by atoms with Gasteiger partial charge in [0.1, 0.15) is 16.5 Å². The number of anilines is 1. The molecular formula is C14H10F3NO3S. The van der Waals surface area contributed by atoms with Gasteiger partial charge in [-0.3, -0.25) is 4.79 Å². The summed E-state index contributed by atoms with van der Waals surface area (Å²) >= 11 is 0. The molecule has 116 valence electrons. The second-order valence-electron chi connectivity index (χ2n) is 4.37. The van der Waals surface area contributed by atoms with Gasteiger partial charge in [-0.15, -0.1) is 0 Å². The lowest BCUT2D eigenvalue weighted by Gasteiger charge is -2.07. The summed E-state index contributed by atoms with van der Waals surface area (Å²) in [5.74, 6) is -5.27. The summed E-state index contributed by atoms with van der Waals surface area (Å²) in [5.41, 5.74) is -0.104. The standard InChI is InChI=1S/C14H10F3NO3S/c15-10-6-5-9(7-12(10)17)18-14(19)8-22(20,21)13-4-2-1-3-11(13)16/h1-7H,8H2,(H,18,19). The van der Waals surface area contributed by atoms with E-state index in [1.165, 1.54) is 12.1 Å². The minimum absolute atomic E-state index is 0.104. The minimum atomic E-state index is -4.18. The van der Waals surface area contributed by atoms with Gasteiger partial charge in [-0.25, -0.2) is 21.6 Å². The predicted molar refractivity (Wildman–Crippen MR) is 73.4 cm³/mol. The van der Waals surface area contributed by atoms with Crippen molar-refractivity contribution in [3.05, 3.63) is 59.9 Å². The van der Waals surface area contributed by atoms with Crippen LogP contribution in [0.2, 0.25) is 0 Å². The fourth-order valence-electron chi connectivity index (χ4n) is 1.72. The third-order valence-electron chi connectivity index (χ3n) is 2.70. The van der Waals surface area contributed by atoms with Gasteiger partial charge < -0.3 is 5.32 Å². The first-order valence-electron chi connectivity index (χ1n) is 6.02. The summed E-state index contributed by atoms with van der Waals surface area (Å²) in [7, 11) is -4.18. The van der Waals surface area contributed by atoms with Crippen LogP contribution >= 0.6 is 0 Å². The summed E-state index contributed by atoms with van der Waals surface area (Å²) in [4.78, 5) is 11.1. The Morgan fingerprint density at radius 1 is 0.955 bits per heavy atom. The average molecular weight is 329 g/mol. The van der Waals surface area contributed by atoms with E-state index < -0.39 is 43.8 Å². The zero-order chi connectivity index (χ0) is 16.3. The van der Waals surface area contributed by atoms with Crippen LogP contribution in [0, 0.1) is 17.5 Å². The molecule has 0 heterocycles. The molecule has 0 aliphatic rings. The lowest BCUT2D eigenvalue weighted by atomic mass is 10.3. The smallest absolute Gasteiger partial charge is 0.239 e. The van der Waals surface area contributed by atoms with E-state index in [0.29, 0.717) is 6.07 Å². The topological polar surface area (TPSA) is 63.2 Å². The van der Waals surface area contributed by atoms with E-state index in [9.17, 15) is 26.4 Å². The highest BCUT2D eigenvalue weighted by Gasteiger charge is 2.22. The van der Waals surface area contributed by atoms with E-state index in [-0.39, 0.29) is 5.69 Å². The maximum Gasteiger partial charge on any atom is 0.239 e. The molecule has 2 aromatic rings. The summed E-state index contributed by atoms with van der Waals surface area (Å²) in [6.45, 7) is 0. The molecule has 0 radical (unpaired) electrons. The summed E-state index contributed by atoms with van der Waals surface area (Å²) in [6, 6.07) is 7.21. The number of carbonyl (C=O) groups is 1. The SMILES string of the molecule is O=C(CS(=O)(=O)c1ccccc1F)Nc1ccc(F)c(F)c1. The van der Waals surface area contributed by atoms with Gasteiger partial charge >= 0.3 is 0 Å². The number of hydrogen-bond donors (Lipinski definition) is 1. The van der Waals surface area contributed by atoms with Crippen molar-refractivity contribution >= 4 is 21.4 Å². The van der Waals surface area contributed by atoms with Gasteiger partial charge in [-0.2, -0.15) is 0 Å². The minimum Gasteiger partial charge on any atom is -0.325 e.